The number of aromatic nitrogens is 6. The molecule has 0 spiro atoms. The number of rotatable bonds is 6. The summed E-state index contributed by atoms with van der Waals surface area (Å²) in [7, 11) is 0. The van der Waals surface area contributed by atoms with Crippen LogP contribution in [0.1, 0.15) is 30.8 Å². The molecule has 7 heteroatoms. The van der Waals surface area contributed by atoms with Gasteiger partial charge in [-0.15, -0.1) is 5.10 Å². The molecule has 0 aliphatic carbocycles. The number of aryl methyl sites for hydroxylation is 2. The summed E-state index contributed by atoms with van der Waals surface area (Å²) in [5.41, 5.74) is 3.03. The van der Waals surface area contributed by atoms with E-state index in [0.29, 0.717) is 12.5 Å². The minimum absolute atomic E-state index is 0.552. The molecule has 1 N–H and O–H groups in total. The van der Waals surface area contributed by atoms with Crippen molar-refractivity contribution >= 4 is 5.95 Å². The van der Waals surface area contributed by atoms with Gasteiger partial charge in [0.2, 0.25) is 5.95 Å². The summed E-state index contributed by atoms with van der Waals surface area (Å²) in [6, 6.07) is 5.80. The Kier molecular flexibility index (Phi) is 4.56. The third kappa shape index (κ3) is 3.50. The quantitative estimate of drug-likeness (QED) is 0.751. The summed E-state index contributed by atoms with van der Waals surface area (Å²) in [6.45, 7) is 4.74. The van der Waals surface area contributed by atoms with Gasteiger partial charge < -0.3 is 5.32 Å². The molecule has 0 aromatic carbocycles. The van der Waals surface area contributed by atoms with Gasteiger partial charge in [-0.1, -0.05) is 13.8 Å². The van der Waals surface area contributed by atoms with E-state index < -0.39 is 0 Å². The minimum Gasteiger partial charge on any atom is -0.349 e. The maximum Gasteiger partial charge on any atom is 0.243 e. The highest BCUT2D eigenvalue weighted by atomic mass is 15.3. The fourth-order valence-corrected chi connectivity index (χ4v) is 2.29. The van der Waals surface area contributed by atoms with Gasteiger partial charge in [0.05, 0.1) is 11.4 Å². The summed E-state index contributed by atoms with van der Waals surface area (Å²) < 4.78 is 1.73. The molecule has 0 saturated heterocycles. The van der Waals surface area contributed by atoms with E-state index in [0.717, 1.165) is 35.6 Å². The van der Waals surface area contributed by atoms with E-state index in [2.05, 4.69) is 44.4 Å². The number of nitrogens with zero attached hydrogens (tertiary/aromatic N) is 6. The van der Waals surface area contributed by atoms with Crippen LogP contribution in [0.4, 0.5) is 5.95 Å². The normalized spacial score (nSPS) is 10.7. The molecule has 3 heterocycles. The van der Waals surface area contributed by atoms with Gasteiger partial charge in [-0.25, -0.2) is 14.6 Å². The second kappa shape index (κ2) is 6.95. The Morgan fingerprint density at radius 1 is 1.09 bits per heavy atom. The molecule has 3 rings (SSSR count). The fourth-order valence-electron chi connectivity index (χ4n) is 2.29. The van der Waals surface area contributed by atoms with Crippen molar-refractivity contribution in [2.24, 2.45) is 0 Å². The van der Waals surface area contributed by atoms with Crippen molar-refractivity contribution in [3.8, 4) is 5.82 Å². The lowest BCUT2D eigenvalue weighted by Gasteiger charge is -2.08. The summed E-state index contributed by atoms with van der Waals surface area (Å²) in [5, 5.41) is 15.8. The Balaban J connectivity index is 1.72. The van der Waals surface area contributed by atoms with Gasteiger partial charge in [0.25, 0.3) is 0 Å². The standard InChI is InChI=1S/C16H19N7/c1-3-13-14(4-2)21-22-16(20-13)18-11-12-6-8-17-15(10-12)23-9-5-7-19-23/h5-10H,3-4,11H2,1-2H3,(H,18,20,22). The zero-order chi connectivity index (χ0) is 16.1. The topological polar surface area (TPSA) is 81.4 Å². The third-order valence-electron chi connectivity index (χ3n) is 3.51. The van der Waals surface area contributed by atoms with Crippen LogP contribution < -0.4 is 5.32 Å². The second-order valence-corrected chi connectivity index (χ2v) is 5.06. The number of anilines is 1. The maximum atomic E-state index is 4.53. The molecule has 0 bridgehead atoms. The first kappa shape index (κ1) is 15.1. The van der Waals surface area contributed by atoms with Crippen LogP contribution in [0.15, 0.2) is 36.8 Å². The molecule has 23 heavy (non-hydrogen) atoms. The van der Waals surface area contributed by atoms with Gasteiger partial charge in [-0.05, 0) is 36.6 Å². The van der Waals surface area contributed by atoms with Gasteiger partial charge in [-0.2, -0.15) is 10.2 Å². The minimum atomic E-state index is 0.552. The highest BCUT2D eigenvalue weighted by Crippen LogP contribution is 2.10. The maximum absolute atomic E-state index is 4.53. The molecule has 0 fully saturated rings. The molecule has 3 aromatic heterocycles. The Hall–Kier alpha value is -2.83. The lowest BCUT2D eigenvalue weighted by Crippen LogP contribution is -2.10. The molecule has 0 atom stereocenters. The van der Waals surface area contributed by atoms with E-state index >= 15 is 0 Å². The predicted molar refractivity (Wildman–Crippen MR) is 87.3 cm³/mol. The van der Waals surface area contributed by atoms with E-state index in [1.807, 2.05) is 24.4 Å². The summed E-state index contributed by atoms with van der Waals surface area (Å²) in [4.78, 5) is 8.85. The van der Waals surface area contributed by atoms with Crippen molar-refractivity contribution in [3.05, 3.63) is 53.7 Å². The summed E-state index contributed by atoms with van der Waals surface area (Å²) in [6.07, 6.45) is 7.06. The number of pyridine rings is 1. The van der Waals surface area contributed by atoms with E-state index in [1.54, 1.807) is 17.1 Å². The van der Waals surface area contributed by atoms with Crippen molar-refractivity contribution in [2.75, 3.05) is 5.32 Å². The lowest BCUT2D eigenvalue weighted by atomic mass is 10.2. The van der Waals surface area contributed by atoms with Crippen molar-refractivity contribution < 1.29 is 0 Å². The van der Waals surface area contributed by atoms with Crippen LogP contribution in [-0.4, -0.2) is 29.9 Å². The number of nitrogens with one attached hydrogen (secondary N) is 1. The highest BCUT2D eigenvalue weighted by Gasteiger charge is 2.06. The molecule has 0 radical (unpaired) electrons. The second-order valence-electron chi connectivity index (χ2n) is 5.06. The molecular formula is C16H19N7. The molecule has 0 aliphatic heterocycles. The molecule has 0 saturated carbocycles. The molecule has 0 amide bonds. The third-order valence-corrected chi connectivity index (χ3v) is 3.51. The lowest BCUT2D eigenvalue weighted by molar-refractivity contribution is 0.817. The largest absolute Gasteiger partial charge is 0.349 e. The van der Waals surface area contributed by atoms with E-state index in [9.17, 15) is 0 Å². The Morgan fingerprint density at radius 2 is 1.96 bits per heavy atom. The Labute approximate surface area is 134 Å². The first-order chi connectivity index (χ1) is 11.3. The summed E-state index contributed by atoms with van der Waals surface area (Å²) >= 11 is 0. The monoisotopic (exact) mass is 309 g/mol. The van der Waals surface area contributed by atoms with Crippen LogP contribution in [0.3, 0.4) is 0 Å². The van der Waals surface area contributed by atoms with Crippen molar-refractivity contribution in [3.63, 3.8) is 0 Å². The molecule has 3 aromatic rings. The van der Waals surface area contributed by atoms with Gasteiger partial charge in [-0.3, -0.25) is 0 Å². The number of hydrogen-bond acceptors (Lipinski definition) is 6. The van der Waals surface area contributed by atoms with Crippen LogP contribution in [0.5, 0.6) is 0 Å². The van der Waals surface area contributed by atoms with Crippen molar-refractivity contribution in [2.45, 2.75) is 33.2 Å². The Bertz CT molecular complexity index is 768. The number of hydrogen-bond donors (Lipinski definition) is 1. The van der Waals surface area contributed by atoms with Crippen LogP contribution in [0, 0.1) is 0 Å². The van der Waals surface area contributed by atoms with Crippen molar-refractivity contribution in [1.82, 2.24) is 29.9 Å². The SMILES string of the molecule is CCc1nnc(NCc2ccnc(-n3cccn3)c2)nc1CC. The van der Waals surface area contributed by atoms with Gasteiger partial charge in [0.15, 0.2) is 5.82 Å². The smallest absolute Gasteiger partial charge is 0.243 e. The van der Waals surface area contributed by atoms with Gasteiger partial charge >= 0.3 is 0 Å². The van der Waals surface area contributed by atoms with Crippen LogP contribution >= 0.6 is 0 Å². The van der Waals surface area contributed by atoms with Gasteiger partial charge in [0, 0.05) is 25.1 Å². The Morgan fingerprint density at radius 3 is 2.70 bits per heavy atom. The fraction of sp³-hybridized carbons (Fsp3) is 0.312. The van der Waals surface area contributed by atoms with E-state index in [4.69, 9.17) is 0 Å². The molecule has 118 valence electrons. The average molecular weight is 309 g/mol. The molecule has 0 aliphatic rings. The molecule has 7 nitrogen and oxygen atoms in total. The van der Waals surface area contributed by atoms with E-state index in [-0.39, 0.29) is 0 Å². The predicted octanol–water partition coefficient (Wildman–Crippen LogP) is 2.19. The van der Waals surface area contributed by atoms with Crippen molar-refractivity contribution in [1.29, 1.82) is 0 Å². The van der Waals surface area contributed by atoms with E-state index in [1.165, 1.54) is 0 Å². The highest BCUT2D eigenvalue weighted by molar-refractivity contribution is 5.32. The van der Waals surface area contributed by atoms with Crippen LogP contribution in [0.25, 0.3) is 5.82 Å². The zero-order valence-electron chi connectivity index (χ0n) is 13.3. The van der Waals surface area contributed by atoms with Gasteiger partial charge in [0.1, 0.15) is 0 Å². The first-order valence-corrected chi connectivity index (χ1v) is 7.71. The first-order valence-electron chi connectivity index (χ1n) is 7.71. The summed E-state index contributed by atoms with van der Waals surface area (Å²) in [5.74, 6) is 1.33. The average Bonchev–Trinajstić information content (AvgIpc) is 3.14. The molecular weight excluding hydrogens is 290 g/mol. The zero-order valence-corrected chi connectivity index (χ0v) is 13.3. The van der Waals surface area contributed by atoms with Crippen LogP contribution in [0.2, 0.25) is 0 Å². The molecule has 0 unspecified atom stereocenters. The van der Waals surface area contributed by atoms with Crippen LogP contribution in [-0.2, 0) is 19.4 Å².